The molecule has 124 valence electrons. The summed E-state index contributed by atoms with van der Waals surface area (Å²) in [5.74, 6) is 0.118. The second-order valence-corrected chi connectivity index (χ2v) is 6.14. The maximum absolute atomic E-state index is 12.9. The minimum absolute atomic E-state index is 0.0626. The van der Waals surface area contributed by atoms with Crippen LogP contribution in [0.5, 0.6) is 0 Å². The third kappa shape index (κ3) is 3.31. The lowest BCUT2D eigenvalue weighted by Gasteiger charge is -2.18. The molecule has 1 fully saturated rings. The van der Waals surface area contributed by atoms with Crippen molar-refractivity contribution >= 4 is 5.91 Å². The second kappa shape index (κ2) is 6.85. The predicted molar refractivity (Wildman–Crippen MR) is 88.3 cm³/mol. The lowest BCUT2D eigenvalue weighted by atomic mass is 10.0. The average molecular weight is 324 g/mol. The van der Waals surface area contributed by atoms with Gasteiger partial charge in [0.25, 0.3) is 5.91 Å². The fourth-order valence-electron chi connectivity index (χ4n) is 3.01. The van der Waals surface area contributed by atoms with Crippen molar-refractivity contribution in [2.24, 2.45) is 7.05 Å². The predicted octanol–water partition coefficient (Wildman–Crippen LogP) is 2.07. The van der Waals surface area contributed by atoms with Gasteiger partial charge >= 0.3 is 0 Å². The highest BCUT2D eigenvalue weighted by Gasteiger charge is 2.28. The van der Waals surface area contributed by atoms with Crippen LogP contribution in [-0.4, -0.2) is 40.8 Å². The summed E-state index contributed by atoms with van der Waals surface area (Å²) in [6, 6.07) is 9.43. The van der Waals surface area contributed by atoms with Gasteiger partial charge in [-0.1, -0.05) is 12.1 Å². The van der Waals surface area contributed by atoms with Crippen LogP contribution in [0.25, 0.3) is 0 Å². The lowest BCUT2D eigenvalue weighted by molar-refractivity contribution is 0.0783. The highest BCUT2D eigenvalue weighted by atomic mass is 16.5. The zero-order valence-corrected chi connectivity index (χ0v) is 13.9. The Balaban J connectivity index is 1.79. The zero-order chi connectivity index (χ0) is 17.1. The van der Waals surface area contributed by atoms with E-state index < -0.39 is 0 Å². The van der Waals surface area contributed by atoms with E-state index in [0.29, 0.717) is 30.9 Å². The van der Waals surface area contributed by atoms with Gasteiger partial charge in [0.1, 0.15) is 0 Å². The summed E-state index contributed by atoms with van der Waals surface area (Å²) in [4.78, 5) is 14.5. The number of carbonyl (C=O) groups excluding carboxylic acids is 1. The number of benzene rings is 1. The van der Waals surface area contributed by atoms with E-state index in [1.165, 1.54) is 0 Å². The Morgan fingerprint density at radius 1 is 1.54 bits per heavy atom. The minimum atomic E-state index is -0.0626. The molecule has 1 aromatic heterocycles. The van der Waals surface area contributed by atoms with E-state index in [1.54, 1.807) is 35.0 Å². The van der Waals surface area contributed by atoms with Gasteiger partial charge in [0, 0.05) is 39.4 Å². The van der Waals surface area contributed by atoms with Crippen LogP contribution in [-0.2, 0) is 18.3 Å². The molecule has 6 heteroatoms. The molecule has 0 radical (unpaired) electrons. The topological polar surface area (TPSA) is 71.2 Å². The maximum Gasteiger partial charge on any atom is 0.257 e. The van der Waals surface area contributed by atoms with Crippen LogP contribution in [0.15, 0.2) is 30.5 Å². The molecule has 24 heavy (non-hydrogen) atoms. The van der Waals surface area contributed by atoms with Gasteiger partial charge in [-0.05, 0) is 24.1 Å². The van der Waals surface area contributed by atoms with Gasteiger partial charge in [-0.2, -0.15) is 10.4 Å². The molecule has 3 rings (SSSR count). The van der Waals surface area contributed by atoms with Crippen molar-refractivity contribution in [3.63, 3.8) is 0 Å². The number of amides is 1. The van der Waals surface area contributed by atoms with Crippen molar-refractivity contribution in [3.05, 3.63) is 52.8 Å². The molecule has 0 saturated carbocycles. The Morgan fingerprint density at radius 3 is 3.08 bits per heavy atom. The molecule has 1 atom stereocenters. The van der Waals surface area contributed by atoms with Crippen molar-refractivity contribution in [2.45, 2.75) is 18.9 Å². The van der Waals surface area contributed by atoms with Gasteiger partial charge in [0.2, 0.25) is 0 Å². The summed E-state index contributed by atoms with van der Waals surface area (Å²) >= 11 is 0. The molecule has 2 aromatic rings. The first-order valence-electron chi connectivity index (χ1n) is 7.94. The summed E-state index contributed by atoms with van der Waals surface area (Å²) < 4.78 is 7.12. The van der Waals surface area contributed by atoms with E-state index in [0.717, 1.165) is 17.7 Å². The van der Waals surface area contributed by atoms with Gasteiger partial charge < -0.3 is 9.64 Å². The van der Waals surface area contributed by atoms with Crippen LogP contribution >= 0.6 is 0 Å². The standard InChI is InChI=1S/C18H20N4O2/c1-21(10-14-5-3-4-13(8-14)9-19)18(23)16-11-22(2)20-17(16)15-6-7-24-12-15/h3-5,8,11,15H,6-7,10,12H2,1-2H3/t15-/m0/s1. The second-order valence-electron chi connectivity index (χ2n) is 6.14. The Morgan fingerprint density at radius 2 is 2.38 bits per heavy atom. The van der Waals surface area contributed by atoms with Gasteiger partial charge in [-0.3, -0.25) is 9.48 Å². The van der Waals surface area contributed by atoms with E-state index in [1.807, 2.05) is 19.2 Å². The lowest BCUT2D eigenvalue weighted by Crippen LogP contribution is -2.27. The van der Waals surface area contributed by atoms with E-state index in [4.69, 9.17) is 10.00 Å². The summed E-state index contributed by atoms with van der Waals surface area (Å²) in [6.45, 7) is 1.78. The molecule has 2 heterocycles. The van der Waals surface area contributed by atoms with E-state index in [9.17, 15) is 4.79 Å². The van der Waals surface area contributed by atoms with Crippen LogP contribution in [0.4, 0.5) is 0 Å². The third-order valence-corrected chi connectivity index (χ3v) is 4.23. The molecular weight excluding hydrogens is 304 g/mol. The molecule has 0 bridgehead atoms. The Kier molecular flexibility index (Phi) is 4.63. The first-order valence-corrected chi connectivity index (χ1v) is 7.94. The van der Waals surface area contributed by atoms with Crippen LogP contribution < -0.4 is 0 Å². The van der Waals surface area contributed by atoms with Gasteiger partial charge in [0.15, 0.2) is 0 Å². The van der Waals surface area contributed by atoms with Crippen LogP contribution in [0.1, 0.15) is 39.5 Å². The van der Waals surface area contributed by atoms with Crippen LogP contribution in [0, 0.1) is 11.3 Å². The van der Waals surface area contributed by atoms with Gasteiger partial charge in [-0.25, -0.2) is 0 Å². The highest BCUT2D eigenvalue weighted by Crippen LogP contribution is 2.27. The number of nitriles is 1. The number of rotatable bonds is 4. The number of ether oxygens (including phenoxy) is 1. The quantitative estimate of drug-likeness (QED) is 0.863. The number of aromatic nitrogens is 2. The van der Waals surface area contributed by atoms with Crippen molar-refractivity contribution in [2.75, 3.05) is 20.3 Å². The molecular formula is C18H20N4O2. The summed E-state index contributed by atoms with van der Waals surface area (Å²) in [5, 5.41) is 13.5. The minimum Gasteiger partial charge on any atom is -0.381 e. The molecule has 0 aliphatic carbocycles. The molecule has 1 aliphatic heterocycles. The first-order chi connectivity index (χ1) is 11.6. The van der Waals surface area contributed by atoms with Crippen molar-refractivity contribution in [1.29, 1.82) is 5.26 Å². The molecule has 0 unspecified atom stereocenters. The van der Waals surface area contributed by atoms with E-state index in [2.05, 4.69) is 11.2 Å². The van der Waals surface area contributed by atoms with Gasteiger partial charge in [0.05, 0.1) is 29.5 Å². The Labute approximate surface area is 141 Å². The van der Waals surface area contributed by atoms with Crippen molar-refractivity contribution < 1.29 is 9.53 Å². The molecule has 1 saturated heterocycles. The molecule has 0 N–H and O–H groups in total. The molecule has 1 aromatic carbocycles. The number of hydrogen-bond donors (Lipinski definition) is 0. The normalized spacial score (nSPS) is 16.8. The Bertz CT molecular complexity index is 785. The fraction of sp³-hybridized carbons (Fsp3) is 0.389. The number of hydrogen-bond acceptors (Lipinski definition) is 4. The highest BCUT2D eigenvalue weighted by molar-refractivity contribution is 5.95. The first kappa shape index (κ1) is 16.2. The summed E-state index contributed by atoms with van der Waals surface area (Å²) in [5.41, 5.74) is 2.97. The molecule has 6 nitrogen and oxygen atoms in total. The molecule has 0 spiro atoms. The van der Waals surface area contributed by atoms with Crippen LogP contribution in [0.3, 0.4) is 0 Å². The third-order valence-electron chi connectivity index (χ3n) is 4.23. The van der Waals surface area contributed by atoms with E-state index in [-0.39, 0.29) is 11.8 Å². The average Bonchev–Trinajstić information content (AvgIpc) is 3.23. The Hall–Kier alpha value is -2.65. The monoisotopic (exact) mass is 324 g/mol. The zero-order valence-electron chi connectivity index (χ0n) is 13.9. The molecule has 1 amide bonds. The number of carbonyl (C=O) groups is 1. The largest absolute Gasteiger partial charge is 0.381 e. The van der Waals surface area contributed by atoms with Crippen molar-refractivity contribution in [1.82, 2.24) is 14.7 Å². The smallest absolute Gasteiger partial charge is 0.257 e. The van der Waals surface area contributed by atoms with Crippen molar-refractivity contribution in [3.8, 4) is 6.07 Å². The SMILES string of the molecule is CN(Cc1cccc(C#N)c1)C(=O)c1cn(C)nc1[C@H]1CCOC1. The van der Waals surface area contributed by atoms with Crippen LogP contribution in [0.2, 0.25) is 0 Å². The number of aryl methyl sites for hydroxylation is 1. The van der Waals surface area contributed by atoms with E-state index >= 15 is 0 Å². The molecule has 1 aliphatic rings. The maximum atomic E-state index is 12.9. The van der Waals surface area contributed by atoms with Gasteiger partial charge in [-0.15, -0.1) is 0 Å². The fourth-order valence-corrected chi connectivity index (χ4v) is 3.01. The summed E-state index contributed by atoms with van der Waals surface area (Å²) in [7, 11) is 3.59. The summed E-state index contributed by atoms with van der Waals surface area (Å²) in [6.07, 6.45) is 2.67. The number of nitrogens with zero attached hydrogens (tertiary/aromatic N) is 4.